The third-order valence-electron chi connectivity index (χ3n) is 2.83. The van der Waals surface area contributed by atoms with Gasteiger partial charge in [-0.3, -0.25) is 9.36 Å². The molecular weight excluding hydrogens is 216 g/mol. The third kappa shape index (κ3) is 3.10. The van der Waals surface area contributed by atoms with Crippen molar-refractivity contribution in [1.29, 1.82) is 5.26 Å². The first kappa shape index (κ1) is 13.3. The lowest BCUT2D eigenvalue weighted by molar-refractivity contribution is 0.397. The SMILES string of the molecule is CCCCCCn1c(O)c(C#N)c(C)cc1=O. The van der Waals surface area contributed by atoms with E-state index in [9.17, 15) is 9.90 Å². The first-order valence-corrected chi connectivity index (χ1v) is 5.95. The summed E-state index contributed by atoms with van der Waals surface area (Å²) in [4.78, 5) is 11.7. The van der Waals surface area contributed by atoms with E-state index in [0.717, 1.165) is 25.7 Å². The molecule has 0 aliphatic carbocycles. The average Bonchev–Trinajstić information content (AvgIpc) is 2.28. The van der Waals surface area contributed by atoms with Gasteiger partial charge in [-0.05, 0) is 18.9 Å². The summed E-state index contributed by atoms with van der Waals surface area (Å²) in [5.74, 6) is -0.200. The molecule has 1 aromatic rings. The molecule has 0 aliphatic heterocycles. The minimum absolute atomic E-state index is 0.195. The number of hydrogen-bond acceptors (Lipinski definition) is 3. The van der Waals surface area contributed by atoms with Crippen LogP contribution in [-0.2, 0) is 6.54 Å². The monoisotopic (exact) mass is 234 g/mol. The second kappa shape index (κ2) is 6.09. The number of aromatic nitrogens is 1. The Hall–Kier alpha value is -1.76. The Morgan fingerprint density at radius 3 is 2.71 bits per heavy atom. The highest BCUT2D eigenvalue weighted by atomic mass is 16.3. The van der Waals surface area contributed by atoms with Crippen LogP contribution in [0.3, 0.4) is 0 Å². The van der Waals surface area contributed by atoms with Gasteiger partial charge >= 0.3 is 0 Å². The molecule has 1 rings (SSSR count). The molecule has 1 aromatic heterocycles. The maximum atomic E-state index is 11.7. The Bertz CT molecular complexity index is 483. The van der Waals surface area contributed by atoms with Gasteiger partial charge in [0.1, 0.15) is 11.6 Å². The van der Waals surface area contributed by atoms with E-state index in [1.165, 1.54) is 10.6 Å². The molecule has 0 fully saturated rings. The van der Waals surface area contributed by atoms with Gasteiger partial charge in [0.25, 0.3) is 5.56 Å². The molecule has 0 bridgehead atoms. The van der Waals surface area contributed by atoms with Crippen LogP contribution < -0.4 is 5.56 Å². The number of aryl methyl sites for hydroxylation is 1. The van der Waals surface area contributed by atoms with Crippen molar-refractivity contribution in [3.05, 3.63) is 27.5 Å². The molecule has 1 N–H and O–H groups in total. The van der Waals surface area contributed by atoms with Crippen LogP contribution in [-0.4, -0.2) is 9.67 Å². The molecule has 0 atom stereocenters. The summed E-state index contributed by atoms with van der Waals surface area (Å²) in [6, 6.07) is 3.32. The van der Waals surface area contributed by atoms with Crippen LogP contribution in [0.2, 0.25) is 0 Å². The van der Waals surface area contributed by atoms with E-state index in [-0.39, 0.29) is 17.0 Å². The largest absolute Gasteiger partial charge is 0.493 e. The van der Waals surface area contributed by atoms with E-state index in [4.69, 9.17) is 5.26 Å². The van der Waals surface area contributed by atoms with Gasteiger partial charge < -0.3 is 5.11 Å². The lowest BCUT2D eigenvalue weighted by atomic mass is 10.1. The zero-order valence-electron chi connectivity index (χ0n) is 10.4. The van der Waals surface area contributed by atoms with Gasteiger partial charge in [0.05, 0.1) is 0 Å². The Kier molecular flexibility index (Phi) is 4.77. The number of nitriles is 1. The van der Waals surface area contributed by atoms with Crippen molar-refractivity contribution < 1.29 is 5.11 Å². The van der Waals surface area contributed by atoms with Crippen LogP contribution in [0.15, 0.2) is 10.9 Å². The first-order chi connectivity index (χ1) is 8.11. The van der Waals surface area contributed by atoms with E-state index in [0.29, 0.717) is 12.1 Å². The summed E-state index contributed by atoms with van der Waals surface area (Å²) in [5, 5.41) is 18.7. The number of pyridine rings is 1. The van der Waals surface area contributed by atoms with Gasteiger partial charge in [-0.15, -0.1) is 0 Å². The zero-order chi connectivity index (χ0) is 12.8. The fraction of sp³-hybridized carbons (Fsp3) is 0.538. The van der Waals surface area contributed by atoms with Crippen molar-refractivity contribution in [3.63, 3.8) is 0 Å². The van der Waals surface area contributed by atoms with Crippen LogP contribution in [0.4, 0.5) is 0 Å². The van der Waals surface area contributed by atoms with E-state index in [2.05, 4.69) is 6.92 Å². The summed E-state index contributed by atoms with van der Waals surface area (Å²) in [6.45, 7) is 4.24. The van der Waals surface area contributed by atoms with Gasteiger partial charge in [0, 0.05) is 12.6 Å². The predicted molar refractivity (Wildman–Crippen MR) is 66.0 cm³/mol. The maximum absolute atomic E-state index is 11.7. The third-order valence-corrected chi connectivity index (χ3v) is 2.83. The Morgan fingerprint density at radius 1 is 1.41 bits per heavy atom. The van der Waals surface area contributed by atoms with Crippen LogP contribution >= 0.6 is 0 Å². The van der Waals surface area contributed by atoms with Gasteiger partial charge in [-0.2, -0.15) is 5.26 Å². The summed E-state index contributed by atoms with van der Waals surface area (Å²) < 4.78 is 1.28. The highest BCUT2D eigenvalue weighted by Gasteiger charge is 2.11. The highest BCUT2D eigenvalue weighted by molar-refractivity contribution is 5.43. The fourth-order valence-corrected chi connectivity index (χ4v) is 1.80. The average molecular weight is 234 g/mol. The van der Waals surface area contributed by atoms with Crippen molar-refractivity contribution in [3.8, 4) is 11.9 Å². The van der Waals surface area contributed by atoms with Crippen LogP contribution in [0.1, 0.15) is 43.7 Å². The number of unbranched alkanes of at least 4 members (excludes halogenated alkanes) is 3. The lowest BCUT2D eigenvalue weighted by Crippen LogP contribution is -2.20. The lowest BCUT2D eigenvalue weighted by Gasteiger charge is -2.10. The van der Waals surface area contributed by atoms with Crippen molar-refractivity contribution >= 4 is 0 Å². The number of hydrogen-bond donors (Lipinski definition) is 1. The molecule has 0 saturated carbocycles. The molecule has 0 aromatic carbocycles. The smallest absolute Gasteiger partial charge is 0.253 e. The summed E-state index contributed by atoms with van der Waals surface area (Å²) in [7, 11) is 0. The zero-order valence-corrected chi connectivity index (χ0v) is 10.4. The molecule has 17 heavy (non-hydrogen) atoms. The molecule has 4 nitrogen and oxygen atoms in total. The Balaban J connectivity index is 2.93. The molecule has 0 aliphatic rings. The van der Waals surface area contributed by atoms with E-state index >= 15 is 0 Å². The number of rotatable bonds is 5. The Labute approximate surface area is 101 Å². The van der Waals surface area contributed by atoms with E-state index in [1.807, 2.05) is 6.07 Å². The van der Waals surface area contributed by atoms with Crippen LogP contribution in [0.25, 0.3) is 0 Å². The van der Waals surface area contributed by atoms with E-state index in [1.54, 1.807) is 6.92 Å². The van der Waals surface area contributed by atoms with Crippen LogP contribution in [0.5, 0.6) is 5.88 Å². The predicted octanol–water partition coefficient (Wildman–Crippen LogP) is 2.31. The quantitative estimate of drug-likeness (QED) is 0.795. The van der Waals surface area contributed by atoms with Crippen molar-refractivity contribution in [1.82, 2.24) is 4.57 Å². The van der Waals surface area contributed by atoms with Gasteiger partial charge in [0.2, 0.25) is 5.88 Å². The number of nitrogens with zero attached hydrogens (tertiary/aromatic N) is 2. The summed E-state index contributed by atoms with van der Waals surface area (Å²) in [5.41, 5.74) is 0.482. The van der Waals surface area contributed by atoms with Crippen molar-refractivity contribution in [2.45, 2.75) is 46.1 Å². The van der Waals surface area contributed by atoms with Crippen LogP contribution in [0, 0.1) is 18.3 Å². The standard InChI is InChI=1S/C13H18N2O2/c1-3-4-5-6-7-15-12(16)8-10(2)11(9-14)13(15)17/h8,17H,3-7H2,1-2H3. The molecule has 4 heteroatoms. The summed E-state index contributed by atoms with van der Waals surface area (Å²) >= 11 is 0. The van der Waals surface area contributed by atoms with Crippen molar-refractivity contribution in [2.75, 3.05) is 0 Å². The minimum atomic E-state index is -0.240. The molecule has 92 valence electrons. The second-order valence-electron chi connectivity index (χ2n) is 4.19. The molecule has 0 spiro atoms. The molecule has 0 saturated heterocycles. The van der Waals surface area contributed by atoms with Gasteiger partial charge in [0.15, 0.2) is 0 Å². The fourth-order valence-electron chi connectivity index (χ4n) is 1.80. The maximum Gasteiger partial charge on any atom is 0.253 e. The minimum Gasteiger partial charge on any atom is -0.493 e. The summed E-state index contributed by atoms with van der Waals surface area (Å²) in [6.07, 6.45) is 4.11. The normalized spacial score (nSPS) is 10.2. The number of aromatic hydroxyl groups is 1. The topological polar surface area (TPSA) is 66.0 Å². The van der Waals surface area contributed by atoms with E-state index < -0.39 is 0 Å². The second-order valence-corrected chi connectivity index (χ2v) is 4.19. The molecular formula is C13H18N2O2. The first-order valence-electron chi connectivity index (χ1n) is 5.95. The highest BCUT2D eigenvalue weighted by Crippen LogP contribution is 2.17. The Morgan fingerprint density at radius 2 is 2.12 bits per heavy atom. The molecule has 1 heterocycles. The van der Waals surface area contributed by atoms with Crippen molar-refractivity contribution in [2.24, 2.45) is 0 Å². The van der Waals surface area contributed by atoms with Gasteiger partial charge in [-0.1, -0.05) is 26.2 Å². The van der Waals surface area contributed by atoms with Gasteiger partial charge in [-0.25, -0.2) is 0 Å². The molecule has 0 unspecified atom stereocenters. The molecule has 0 amide bonds. The molecule has 0 radical (unpaired) electrons.